The Hall–Kier alpha value is -0.823. The Morgan fingerprint density at radius 3 is 1.75 bits per heavy atom. The fraction of sp³-hybridized carbons (Fsp3) is 0.667. The predicted octanol–water partition coefficient (Wildman–Crippen LogP) is 1.42. The topological polar surface area (TPSA) is 69.7 Å². The zero-order valence-corrected chi connectivity index (χ0v) is 11.7. The molecule has 0 aliphatic heterocycles. The summed E-state index contributed by atoms with van der Waals surface area (Å²) >= 11 is 3.72. The summed E-state index contributed by atoms with van der Waals surface area (Å²) in [5.74, 6) is -1.13. The van der Waals surface area contributed by atoms with Crippen LogP contribution in [0.1, 0.15) is 27.2 Å². The summed E-state index contributed by atoms with van der Waals surface area (Å²) in [4.78, 5) is 33.2. The number of rotatable bonds is 5. The van der Waals surface area contributed by atoms with E-state index in [0.717, 1.165) is 0 Å². The summed E-state index contributed by atoms with van der Waals surface area (Å²) in [5, 5.41) is -0.431. The number of thiol groups is 1. The Morgan fingerprint density at radius 2 is 1.56 bits per heavy atom. The van der Waals surface area contributed by atoms with E-state index in [9.17, 15) is 14.4 Å². The minimum absolute atomic E-state index is 0.408. The highest BCUT2D eigenvalue weighted by atomic mass is 32.1. The van der Waals surface area contributed by atoms with Crippen molar-refractivity contribution in [1.82, 2.24) is 0 Å². The van der Waals surface area contributed by atoms with Gasteiger partial charge in [-0.15, -0.1) is 12.6 Å². The molecular formula is C9H16O5SSi. The summed E-state index contributed by atoms with van der Waals surface area (Å²) in [7, 11) is -3.19. The fourth-order valence-electron chi connectivity index (χ4n) is 1.50. The van der Waals surface area contributed by atoms with Gasteiger partial charge in [0.25, 0.3) is 11.9 Å². The van der Waals surface area contributed by atoms with Gasteiger partial charge in [-0.2, -0.15) is 0 Å². The lowest BCUT2D eigenvalue weighted by atomic mass is 10.4. The van der Waals surface area contributed by atoms with Crippen molar-refractivity contribution < 1.29 is 23.2 Å². The lowest BCUT2D eigenvalue weighted by Crippen LogP contribution is -2.48. The van der Waals surface area contributed by atoms with Gasteiger partial charge in [-0.1, -0.05) is 6.92 Å². The maximum Gasteiger partial charge on any atom is 0.472 e. The molecule has 16 heavy (non-hydrogen) atoms. The lowest BCUT2D eigenvalue weighted by molar-refractivity contribution is -0.139. The van der Waals surface area contributed by atoms with Crippen LogP contribution in [0, 0.1) is 0 Å². The van der Waals surface area contributed by atoms with Crippen LogP contribution >= 0.6 is 12.6 Å². The summed E-state index contributed by atoms with van der Waals surface area (Å²) in [6, 6.07) is 0. The van der Waals surface area contributed by atoms with Crippen molar-refractivity contribution >= 4 is 38.2 Å². The smallest absolute Gasteiger partial charge is 0.472 e. The van der Waals surface area contributed by atoms with Crippen molar-refractivity contribution in [3.63, 3.8) is 0 Å². The van der Waals surface area contributed by atoms with Crippen LogP contribution in [0.2, 0.25) is 12.1 Å². The second kappa shape index (κ2) is 6.05. The van der Waals surface area contributed by atoms with Gasteiger partial charge in [0.2, 0.25) is 0 Å². The van der Waals surface area contributed by atoms with Gasteiger partial charge in [0, 0.05) is 20.4 Å². The van der Waals surface area contributed by atoms with Gasteiger partial charge in [0.1, 0.15) is 0 Å². The maximum atomic E-state index is 11.3. The molecule has 0 aromatic heterocycles. The zero-order valence-electron chi connectivity index (χ0n) is 9.77. The third kappa shape index (κ3) is 4.36. The molecule has 0 aromatic rings. The molecule has 92 valence electrons. The largest absolute Gasteiger partial charge is 0.485 e. The molecular weight excluding hydrogens is 248 g/mol. The molecule has 1 unspecified atom stereocenters. The van der Waals surface area contributed by atoms with Crippen LogP contribution in [-0.4, -0.2) is 25.6 Å². The van der Waals surface area contributed by atoms with Crippen molar-refractivity contribution in [2.75, 3.05) is 0 Å². The first kappa shape index (κ1) is 15.2. The van der Waals surface area contributed by atoms with Crippen LogP contribution in [0.15, 0.2) is 0 Å². The highest BCUT2D eigenvalue weighted by Gasteiger charge is 2.49. The molecule has 0 aliphatic carbocycles. The summed E-state index contributed by atoms with van der Waals surface area (Å²) in [6.45, 7) is 5.68. The molecule has 0 bridgehead atoms. The van der Waals surface area contributed by atoms with E-state index < -0.39 is 31.2 Å². The minimum Gasteiger partial charge on any atom is -0.485 e. The van der Waals surface area contributed by atoms with Gasteiger partial charge in [-0.05, 0) is 6.42 Å². The normalized spacial score (nSPS) is 12.8. The van der Waals surface area contributed by atoms with E-state index in [1.807, 2.05) is 0 Å². The second-order valence-electron chi connectivity index (χ2n) is 3.50. The lowest BCUT2D eigenvalue weighted by Gasteiger charge is -2.30. The first-order chi connectivity index (χ1) is 7.23. The second-order valence-corrected chi connectivity index (χ2v) is 7.08. The van der Waals surface area contributed by atoms with Gasteiger partial charge in [-0.25, -0.2) is 0 Å². The number of hydrogen-bond acceptors (Lipinski definition) is 5. The third-order valence-electron chi connectivity index (χ3n) is 2.03. The highest BCUT2D eigenvalue weighted by Crippen LogP contribution is 2.30. The average Bonchev–Trinajstić information content (AvgIpc) is 1.99. The van der Waals surface area contributed by atoms with Crippen LogP contribution in [0.4, 0.5) is 0 Å². The number of hydrogen-bond donors (Lipinski definition) is 1. The highest BCUT2D eigenvalue weighted by molar-refractivity contribution is 7.97. The number of carbonyl (C=O) groups excluding carboxylic acids is 3. The van der Waals surface area contributed by atoms with Crippen molar-refractivity contribution in [3.8, 4) is 0 Å². The molecule has 0 saturated heterocycles. The molecule has 7 heteroatoms. The van der Waals surface area contributed by atoms with Crippen LogP contribution in [-0.2, 0) is 23.2 Å². The number of carbonyl (C=O) groups is 3. The zero-order chi connectivity index (χ0) is 12.9. The van der Waals surface area contributed by atoms with Gasteiger partial charge in [0.15, 0.2) is 5.12 Å². The molecule has 0 saturated carbocycles. The first-order valence-electron chi connectivity index (χ1n) is 4.85. The SMILES string of the molecule is CCC(C(=O)S)[Si](C)(OC(C)=O)OC(C)=O. The molecule has 0 heterocycles. The van der Waals surface area contributed by atoms with E-state index in [1.165, 1.54) is 20.4 Å². The molecule has 0 aliphatic rings. The molecule has 1 atom stereocenters. The molecule has 0 spiro atoms. The summed E-state index contributed by atoms with van der Waals surface area (Å²) in [6.07, 6.45) is 0.408. The Morgan fingerprint density at radius 1 is 1.19 bits per heavy atom. The Labute approximate surface area is 101 Å². The third-order valence-corrected chi connectivity index (χ3v) is 5.91. The molecule has 5 nitrogen and oxygen atoms in total. The van der Waals surface area contributed by atoms with Crippen molar-refractivity contribution in [2.24, 2.45) is 0 Å². The van der Waals surface area contributed by atoms with Crippen LogP contribution < -0.4 is 0 Å². The maximum absolute atomic E-state index is 11.3. The van der Waals surface area contributed by atoms with Gasteiger partial charge in [-0.3, -0.25) is 14.4 Å². The summed E-state index contributed by atoms with van der Waals surface area (Å²) < 4.78 is 10.1. The Balaban J connectivity index is 5.09. The molecule has 0 rings (SSSR count). The first-order valence-corrected chi connectivity index (χ1v) is 7.69. The molecule has 0 radical (unpaired) electrons. The summed E-state index contributed by atoms with van der Waals surface area (Å²) in [5.41, 5.74) is -0.649. The molecule has 0 fully saturated rings. The Kier molecular flexibility index (Phi) is 5.74. The molecule has 0 aromatic carbocycles. The van der Waals surface area contributed by atoms with Gasteiger partial charge < -0.3 is 8.85 Å². The van der Waals surface area contributed by atoms with E-state index in [2.05, 4.69) is 12.6 Å². The minimum atomic E-state index is -3.19. The molecule has 0 amide bonds. The fourth-order valence-corrected chi connectivity index (χ4v) is 5.05. The van der Waals surface area contributed by atoms with Gasteiger partial charge >= 0.3 is 8.56 Å². The monoisotopic (exact) mass is 264 g/mol. The van der Waals surface area contributed by atoms with Gasteiger partial charge in [0.05, 0.1) is 5.54 Å². The van der Waals surface area contributed by atoms with Crippen molar-refractivity contribution in [1.29, 1.82) is 0 Å². The predicted molar refractivity (Wildman–Crippen MR) is 63.2 cm³/mol. The standard InChI is InChI=1S/C9H16O5SSi/c1-5-8(9(12)15)16(4,13-6(2)10)14-7(3)11/h8H,5H2,1-4H3,(H,12,15). The van der Waals surface area contributed by atoms with E-state index in [4.69, 9.17) is 8.85 Å². The van der Waals surface area contributed by atoms with Crippen molar-refractivity contribution in [2.45, 2.75) is 39.3 Å². The van der Waals surface area contributed by atoms with E-state index in [0.29, 0.717) is 6.42 Å². The van der Waals surface area contributed by atoms with E-state index in [-0.39, 0.29) is 0 Å². The van der Waals surface area contributed by atoms with Crippen LogP contribution in [0.25, 0.3) is 0 Å². The quantitative estimate of drug-likeness (QED) is 0.601. The average molecular weight is 264 g/mol. The van der Waals surface area contributed by atoms with E-state index >= 15 is 0 Å². The Bertz CT molecular complexity index is 288. The van der Waals surface area contributed by atoms with Crippen LogP contribution in [0.3, 0.4) is 0 Å². The van der Waals surface area contributed by atoms with Crippen LogP contribution in [0.5, 0.6) is 0 Å². The van der Waals surface area contributed by atoms with Crippen molar-refractivity contribution in [3.05, 3.63) is 0 Å². The molecule has 0 N–H and O–H groups in total. The van der Waals surface area contributed by atoms with E-state index in [1.54, 1.807) is 6.92 Å².